The van der Waals surface area contributed by atoms with Crippen LogP contribution in [0.15, 0.2) is 24.3 Å². The molecule has 0 atom stereocenters. The Balaban J connectivity index is 2.12. The van der Waals surface area contributed by atoms with E-state index in [-0.39, 0.29) is 0 Å². The minimum absolute atomic E-state index is 0.610. The minimum Gasteiger partial charge on any atom is -0.385 e. The van der Waals surface area contributed by atoms with E-state index in [0.717, 1.165) is 19.5 Å². The molecule has 0 spiro atoms. The van der Waals surface area contributed by atoms with Crippen LogP contribution >= 0.6 is 0 Å². The number of anilines is 1. The normalized spacial score (nSPS) is 10.4. The standard InChI is InChI=1S/C13H23N3/c14-9-3-1-2-4-10-16-13-7-5-12(11-15)6-8-13/h5-8,16H,1-4,9-11,14-15H2. The molecule has 90 valence electrons. The molecule has 0 heterocycles. The van der Waals surface area contributed by atoms with E-state index in [2.05, 4.69) is 29.6 Å². The maximum Gasteiger partial charge on any atom is 0.0340 e. The third-order valence-corrected chi connectivity index (χ3v) is 2.65. The van der Waals surface area contributed by atoms with Gasteiger partial charge in [0, 0.05) is 18.8 Å². The van der Waals surface area contributed by atoms with E-state index < -0.39 is 0 Å². The van der Waals surface area contributed by atoms with Gasteiger partial charge in [0.25, 0.3) is 0 Å². The summed E-state index contributed by atoms with van der Waals surface area (Å²) in [7, 11) is 0. The molecule has 0 amide bonds. The Labute approximate surface area is 98.2 Å². The van der Waals surface area contributed by atoms with Crippen LogP contribution in [0, 0.1) is 0 Å². The van der Waals surface area contributed by atoms with Crippen molar-refractivity contribution in [2.75, 3.05) is 18.4 Å². The molecule has 0 radical (unpaired) electrons. The maximum absolute atomic E-state index is 5.54. The summed E-state index contributed by atoms with van der Waals surface area (Å²) >= 11 is 0. The Morgan fingerprint density at radius 3 is 2.19 bits per heavy atom. The van der Waals surface area contributed by atoms with Crippen LogP contribution in [0.5, 0.6) is 0 Å². The number of hydrogen-bond donors (Lipinski definition) is 3. The van der Waals surface area contributed by atoms with E-state index in [4.69, 9.17) is 11.5 Å². The van der Waals surface area contributed by atoms with Crippen molar-refractivity contribution in [3.63, 3.8) is 0 Å². The topological polar surface area (TPSA) is 64.1 Å². The van der Waals surface area contributed by atoms with Crippen LogP contribution in [-0.4, -0.2) is 13.1 Å². The van der Waals surface area contributed by atoms with Gasteiger partial charge in [-0.3, -0.25) is 0 Å². The molecule has 0 bridgehead atoms. The molecule has 3 heteroatoms. The summed E-state index contributed by atoms with van der Waals surface area (Å²) < 4.78 is 0. The van der Waals surface area contributed by atoms with E-state index in [1.807, 2.05) is 0 Å². The van der Waals surface area contributed by atoms with Crippen molar-refractivity contribution in [1.29, 1.82) is 0 Å². The van der Waals surface area contributed by atoms with Crippen LogP contribution in [0.25, 0.3) is 0 Å². The average Bonchev–Trinajstić information content (AvgIpc) is 2.34. The van der Waals surface area contributed by atoms with Crippen molar-refractivity contribution in [2.24, 2.45) is 11.5 Å². The largest absolute Gasteiger partial charge is 0.385 e. The first-order valence-electron chi connectivity index (χ1n) is 6.09. The molecule has 1 rings (SSSR count). The third-order valence-electron chi connectivity index (χ3n) is 2.65. The van der Waals surface area contributed by atoms with Gasteiger partial charge in [0.1, 0.15) is 0 Å². The van der Waals surface area contributed by atoms with Gasteiger partial charge in [0.2, 0.25) is 0 Å². The molecule has 0 aromatic heterocycles. The number of benzene rings is 1. The van der Waals surface area contributed by atoms with E-state index in [1.54, 1.807) is 0 Å². The van der Waals surface area contributed by atoms with Gasteiger partial charge in [0.05, 0.1) is 0 Å². The summed E-state index contributed by atoms with van der Waals surface area (Å²) in [5.41, 5.74) is 13.3. The lowest BCUT2D eigenvalue weighted by atomic mass is 10.2. The molecular weight excluding hydrogens is 198 g/mol. The molecule has 0 saturated carbocycles. The Kier molecular flexibility index (Phi) is 6.61. The fourth-order valence-corrected chi connectivity index (χ4v) is 1.61. The van der Waals surface area contributed by atoms with Crippen molar-refractivity contribution in [3.8, 4) is 0 Å². The predicted octanol–water partition coefficient (Wildman–Crippen LogP) is 2.08. The average molecular weight is 221 g/mol. The van der Waals surface area contributed by atoms with Gasteiger partial charge in [-0.05, 0) is 37.1 Å². The molecule has 0 fully saturated rings. The summed E-state index contributed by atoms with van der Waals surface area (Å²) in [6, 6.07) is 8.30. The lowest BCUT2D eigenvalue weighted by Gasteiger charge is -2.06. The number of rotatable bonds is 8. The lowest BCUT2D eigenvalue weighted by Crippen LogP contribution is -2.03. The van der Waals surface area contributed by atoms with E-state index in [9.17, 15) is 0 Å². The van der Waals surface area contributed by atoms with Gasteiger partial charge < -0.3 is 16.8 Å². The number of unbranched alkanes of at least 4 members (excludes halogenated alkanes) is 3. The van der Waals surface area contributed by atoms with Crippen LogP contribution in [-0.2, 0) is 6.54 Å². The Bertz CT molecular complexity index is 269. The molecule has 0 aliphatic rings. The monoisotopic (exact) mass is 221 g/mol. The molecule has 16 heavy (non-hydrogen) atoms. The Hall–Kier alpha value is -1.06. The van der Waals surface area contributed by atoms with E-state index >= 15 is 0 Å². The van der Waals surface area contributed by atoms with Crippen molar-refractivity contribution in [1.82, 2.24) is 0 Å². The first kappa shape index (κ1) is 13.0. The zero-order valence-corrected chi connectivity index (χ0v) is 9.91. The van der Waals surface area contributed by atoms with Gasteiger partial charge in [-0.25, -0.2) is 0 Å². The molecule has 0 aliphatic carbocycles. The van der Waals surface area contributed by atoms with E-state index in [0.29, 0.717) is 6.54 Å². The molecule has 1 aromatic carbocycles. The zero-order valence-electron chi connectivity index (χ0n) is 9.91. The van der Waals surface area contributed by atoms with Crippen LogP contribution in [0.3, 0.4) is 0 Å². The molecule has 0 saturated heterocycles. The van der Waals surface area contributed by atoms with Gasteiger partial charge in [-0.1, -0.05) is 25.0 Å². The predicted molar refractivity (Wildman–Crippen MR) is 70.3 cm³/mol. The van der Waals surface area contributed by atoms with Gasteiger partial charge in [-0.15, -0.1) is 0 Å². The second kappa shape index (κ2) is 8.13. The minimum atomic E-state index is 0.610. The fraction of sp³-hybridized carbons (Fsp3) is 0.538. The van der Waals surface area contributed by atoms with Crippen molar-refractivity contribution >= 4 is 5.69 Å². The second-order valence-corrected chi connectivity index (χ2v) is 4.03. The Morgan fingerprint density at radius 2 is 1.56 bits per heavy atom. The summed E-state index contributed by atoms with van der Waals surface area (Å²) in [6.07, 6.45) is 4.85. The van der Waals surface area contributed by atoms with Crippen molar-refractivity contribution in [3.05, 3.63) is 29.8 Å². The molecule has 0 aliphatic heterocycles. The van der Waals surface area contributed by atoms with Crippen LogP contribution < -0.4 is 16.8 Å². The highest BCUT2D eigenvalue weighted by Crippen LogP contribution is 2.09. The number of hydrogen-bond acceptors (Lipinski definition) is 3. The lowest BCUT2D eigenvalue weighted by molar-refractivity contribution is 0.661. The van der Waals surface area contributed by atoms with E-state index in [1.165, 1.54) is 30.5 Å². The fourth-order valence-electron chi connectivity index (χ4n) is 1.61. The van der Waals surface area contributed by atoms with Gasteiger partial charge in [-0.2, -0.15) is 0 Å². The molecule has 0 unspecified atom stereocenters. The van der Waals surface area contributed by atoms with Gasteiger partial charge in [0.15, 0.2) is 0 Å². The first-order valence-corrected chi connectivity index (χ1v) is 6.09. The summed E-state index contributed by atoms with van der Waals surface area (Å²) in [4.78, 5) is 0. The quantitative estimate of drug-likeness (QED) is 0.589. The molecule has 3 nitrogen and oxygen atoms in total. The number of nitrogens with two attached hydrogens (primary N) is 2. The summed E-state index contributed by atoms with van der Waals surface area (Å²) in [6.45, 7) is 2.46. The van der Waals surface area contributed by atoms with Crippen LogP contribution in [0.1, 0.15) is 31.2 Å². The van der Waals surface area contributed by atoms with Crippen molar-refractivity contribution in [2.45, 2.75) is 32.2 Å². The molecular formula is C13H23N3. The van der Waals surface area contributed by atoms with Crippen molar-refractivity contribution < 1.29 is 0 Å². The van der Waals surface area contributed by atoms with Gasteiger partial charge >= 0.3 is 0 Å². The van der Waals surface area contributed by atoms with Crippen LogP contribution in [0.2, 0.25) is 0 Å². The number of nitrogens with one attached hydrogen (secondary N) is 1. The first-order chi connectivity index (χ1) is 7.86. The molecule has 5 N–H and O–H groups in total. The highest BCUT2D eigenvalue weighted by molar-refractivity contribution is 5.44. The van der Waals surface area contributed by atoms with Crippen LogP contribution in [0.4, 0.5) is 5.69 Å². The maximum atomic E-state index is 5.54. The smallest absolute Gasteiger partial charge is 0.0340 e. The second-order valence-electron chi connectivity index (χ2n) is 4.03. The highest BCUT2D eigenvalue weighted by atomic mass is 14.9. The summed E-state index contributed by atoms with van der Waals surface area (Å²) in [5.74, 6) is 0. The third kappa shape index (κ3) is 5.14. The zero-order chi connectivity index (χ0) is 11.6. The SMILES string of the molecule is NCCCCCCNc1ccc(CN)cc1. The highest BCUT2D eigenvalue weighted by Gasteiger charge is 1.93. The molecule has 1 aromatic rings. The summed E-state index contributed by atoms with van der Waals surface area (Å²) in [5, 5.41) is 3.40. The Morgan fingerprint density at radius 1 is 0.875 bits per heavy atom.